The summed E-state index contributed by atoms with van der Waals surface area (Å²) in [4.78, 5) is 6.67. The van der Waals surface area contributed by atoms with Gasteiger partial charge in [-0.15, -0.1) is 0 Å². The van der Waals surface area contributed by atoms with Crippen molar-refractivity contribution in [2.24, 2.45) is 4.99 Å². The molecular formula is C19H32ClFN4. The molecule has 4 nitrogen and oxygen atoms in total. The number of hydrogen-bond donors (Lipinski definition) is 2. The molecule has 0 aliphatic carbocycles. The van der Waals surface area contributed by atoms with E-state index in [0.717, 1.165) is 38.4 Å². The highest BCUT2D eigenvalue weighted by Crippen LogP contribution is 2.18. The summed E-state index contributed by atoms with van der Waals surface area (Å²) in [6.07, 6.45) is 2.75. The van der Waals surface area contributed by atoms with Crippen LogP contribution in [0.1, 0.15) is 39.2 Å². The normalized spacial score (nSPS) is 13.2. The molecule has 25 heavy (non-hydrogen) atoms. The Morgan fingerprint density at radius 2 is 2.04 bits per heavy atom. The van der Waals surface area contributed by atoms with Crippen molar-refractivity contribution < 1.29 is 4.39 Å². The molecule has 2 N–H and O–H groups in total. The largest absolute Gasteiger partial charge is 0.356 e. The molecule has 0 saturated carbocycles. The molecular weight excluding hydrogens is 339 g/mol. The van der Waals surface area contributed by atoms with Gasteiger partial charge in [-0.25, -0.2) is 4.39 Å². The SMILES string of the molecule is CCN(CC)CCCC(C)NC(=NC)NCCc1c(F)cccc1Cl. The lowest BCUT2D eigenvalue weighted by atomic mass is 10.1. The highest BCUT2D eigenvalue weighted by molar-refractivity contribution is 6.31. The van der Waals surface area contributed by atoms with Crippen LogP contribution in [0.15, 0.2) is 23.2 Å². The second-order valence-corrected chi connectivity index (χ2v) is 6.57. The van der Waals surface area contributed by atoms with Crippen molar-refractivity contribution in [2.45, 2.75) is 46.1 Å². The Hall–Kier alpha value is -1.33. The molecule has 6 heteroatoms. The Kier molecular flexibility index (Phi) is 10.5. The zero-order valence-corrected chi connectivity index (χ0v) is 16.7. The van der Waals surface area contributed by atoms with Crippen molar-refractivity contribution in [1.82, 2.24) is 15.5 Å². The van der Waals surface area contributed by atoms with E-state index in [4.69, 9.17) is 11.6 Å². The van der Waals surface area contributed by atoms with Gasteiger partial charge in [-0.1, -0.05) is 31.5 Å². The van der Waals surface area contributed by atoms with E-state index in [1.165, 1.54) is 6.07 Å². The van der Waals surface area contributed by atoms with Gasteiger partial charge >= 0.3 is 0 Å². The predicted molar refractivity (Wildman–Crippen MR) is 106 cm³/mol. The van der Waals surface area contributed by atoms with Gasteiger partial charge in [-0.2, -0.15) is 0 Å². The molecule has 0 fully saturated rings. The van der Waals surface area contributed by atoms with Gasteiger partial charge in [0.2, 0.25) is 0 Å². The van der Waals surface area contributed by atoms with Gasteiger partial charge in [0.1, 0.15) is 5.82 Å². The van der Waals surface area contributed by atoms with Gasteiger partial charge in [0.05, 0.1) is 0 Å². The number of halogens is 2. The van der Waals surface area contributed by atoms with E-state index in [0.29, 0.717) is 29.6 Å². The number of guanidine groups is 1. The molecule has 0 radical (unpaired) electrons. The Morgan fingerprint density at radius 1 is 1.32 bits per heavy atom. The summed E-state index contributed by atoms with van der Waals surface area (Å²) in [7, 11) is 1.74. The molecule has 1 aromatic carbocycles. The van der Waals surface area contributed by atoms with E-state index in [2.05, 4.69) is 41.3 Å². The van der Waals surface area contributed by atoms with Crippen LogP contribution in [0.25, 0.3) is 0 Å². The zero-order chi connectivity index (χ0) is 18.7. The second-order valence-electron chi connectivity index (χ2n) is 6.16. The third kappa shape index (κ3) is 8.06. The molecule has 0 aliphatic rings. The summed E-state index contributed by atoms with van der Waals surface area (Å²) in [6.45, 7) is 10.4. The van der Waals surface area contributed by atoms with Crippen LogP contribution in [0.4, 0.5) is 4.39 Å². The predicted octanol–water partition coefficient (Wildman–Crippen LogP) is 3.70. The standard InChI is InChI=1S/C19H32ClFN4/c1-5-25(6-2)14-8-9-15(3)24-19(22-4)23-13-12-16-17(20)10-7-11-18(16)21/h7,10-11,15H,5-6,8-9,12-14H2,1-4H3,(H2,22,23,24). The van der Waals surface area contributed by atoms with Gasteiger partial charge in [-0.3, -0.25) is 4.99 Å². The summed E-state index contributed by atoms with van der Waals surface area (Å²) in [6, 6.07) is 5.10. The smallest absolute Gasteiger partial charge is 0.191 e. The first-order valence-corrected chi connectivity index (χ1v) is 9.52. The summed E-state index contributed by atoms with van der Waals surface area (Å²) in [5.74, 6) is 0.477. The van der Waals surface area contributed by atoms with E-state index in [-0.39, 0.29) is 5.82 Å². The summed E-state index contributed by atoms with van der Waals surface area (Å²) in [5, 5.41) is 7.08. The van der Waals surface area contributed by atoms with Crippen molar-refractivity contribution in [3.05, 3.63) is 34.6 Å². The van der Waals surface area contributed by atoms with Crippen LogP contribution in [0.3, 0.4) is 0 Å². The van der Waals surface area contributed by atoms with E-state index in [9.17, 15) is 4.39 Å². The average molecular weight is 371 g/mol. The minimum absolute atomic E-state index is 0.262. The summed E-state index contributed by atoms with van der Waals surface area (Å²) >= 11 is 6.05. The molecule has 1 aromatic rings. The third-order valence-electron chi connectivity index (χ3n) is 4.34. The number of benzene rings is 1. The first-order valence-electron chi connectivity index (χ1n) is 9.14. The molecule has 0 heterocycles. The lowest BCUT2D eigenvalue weighted by Crippen LogP contribution is -2.43. The first kappa shape index (κ1) is 21.7. The fourth-order valence-corrected chi connectivity index (χ4v) is 3.00. The van der Waals surface area contributed by atoms with Gasteiger partial charge in [0.25, 0.3) is 0 Å². The van der Waals surface area contributed by atoms with Crippen molar-refractivity contribution in [1.29, 1.82) is 0 Å². The quantitative estimate of drug-likeness (QED) is 0.487. The summed E-state index contributed by atoms with van der Waals surface area (Å²) in [5.41, 5.74) is 0.541. The average Bonchev–Trinajstić information content (AvgIpc) is 2.60. The highest BCUT2D eigenvalue weighted by Gasteiger charge is 2.09. The lowest BCUT2D eigenvalue weighted by Gasteiger charge is -2.21. The van der Waals surface area contributed by atoms with Crippen LogP contribution in [0, 0.1) is 5.82 Å². The Morgan fingerprint density at radius 3 is 2.64 bits per heavy atom. The van der Waals surface area contributed by atoms with Crippen LogP contribution >= 0.6 is 11.6 Å². The van der Waals surface area contributed by atoms with Gasteiger partial charge in [-0.05, 0) is 58.0 Å². The van der Waals surface area contributed by atoms with Gasteiger partial charge in [0, 0.05) is 30.2 Å². The van der Waals surface area contributed by atoms with Gasteiger partial charge in [0.15, 0.2) is 5.96 Å². The Balaban J connectivity index is 2.34. The maximum atomic E-state index is 13.8. The lowest BCUT2D eigenvalue weighted by molar-refractivity contribution is 0.292. The van der Waals surface area contributed by atoms with Crippen molar-refractivity contribution in [3.8, 4) is 0 Å². The van der Waals surface area contributed by atoms with Crippen LogP contribution in [-0.2, 0) is 6.42 Å². The minimum atomic E-state index is -0.262. The van der Waals surface area contributed by atoms with Crippen molar-refractivity contribution in [2.75, 3.05) is 33.2 Å². The number of hydrogen-bond acceptors (Lipinski definition) is 2. The molecule has 1 rings (SSSR count). The molecule has 0 spiro atoms. The first-order chi connectivity index (χ1) is 12.0. The van der Waals surface area contributed by atoms with Crippen LogP contribution in [-0.4, -0.2) is 50.1 Å². The van der Waals surface area contributed by atoms with Gasteiger partial charge < -0.3 is 15.5 Å². The third-order valence-corrected chi connectivity index (χ3v) is 4.70. The molecule has 1 atom stereocenters. The van der Waals surface area contributed by atoms with Crippen molar-refractivity contribution >= 4 is 17.6 Å². The molecule has 0 aliphatic heterocycles. The van der Waals surface area contributed by atoms with Crippen LogP contribution < -0.4 is 10.6 Å². The maximum absolute atomic E-state index is 13.8. The summed E-state index contributed by atoms with van der Waals surface area (Å²) < 4.78 is 13.8. The van der Waals surface area contributed by atoms with E-state index in [1.807, 2.05) is 0 Å². The topological polar surface area (TPSA) is 39.7 Å². The monoisotopic (exact) mass is 370 g/mol. The number of aliphatic imine (C=N–C) groups is 1. The Bertz CT molecular complexity index is 512. The molecule has 0 aromatic heterocycles. The molecule has 142 valence electrons. The van der Waals surface area contributed by atoms with E-state index >= 15 is 0 Å². The number of nitrogens with zero attached hydrogens (tertiary/aromatic N) is 2. The van der Waals surface area contributed by atoms with Crippen LogP contribution in [0.2, 0.25) is 5.02 Å². The maximum Gasteiger partial charge on any atom is 0.191 e. The van der Waals surface area contributed by atoms with Crippen molar-refractivity contribution in [3.63, 3.8) is 0 Å². The molecule has 0 amide bonds. The fourth-order valence-electron chi connectivity index (χ4n) is 2.74. The molecule has 1 unspecified atom stereocenters. The minimum Gasteiger partial charge on any atom is -0.356 e. The fraction of sp³-hybridized carbons (Fsp3) is 0.632. The second kappa shape index (κ2) is 12.1. The molecule has 0 saturated heterocycles. The number of rotatable bonds is 10. The van der Waals surface area contributed by atoms with E-state index in [1.54, 1.807) is 19.2 Å². The Labute approximate surface area is 156 Å². The zero-order valence-electron chi connectivity index (χ0n) is 15.9. The molecule has 0 bridgehead atoms. The highest BCUT2D eigenvalue weighted by atomic mass is 35.5. The number of nitrogens with one attached hydrogen (secondary N) is 2. The van der Waals surface area contributed by atoms with Crippen LogP contribution in [0.5, 0.6) is 0 Å². The van der Waals surface area contributed by atoms with E-state index < -0.39 is 0 Å².